The predicted molar refractivity (Wildman–Crippen MR) is 205 cm³/mol. The summed E-state index contributed by atoms with van der Waals surface area (Å²) in [5.41, 5.74) is 2.30. The summed E-state index contributed by atoms with van der Waals surface area (Å²) in [5.74, 6) is 4.95. The molecule has 0 aromatic rings. The van der Waals surface area contributed by atoms with Crippen molar-refractivity contribution in [2.75, 3.05) is 72.7 Å². The summed E-state index contributed by atoms with van der Waals surface area (Å²) in [6, 6.07) is 0. The first-order valence-electron chi connectivity index (χ1n) is 20.8. The summed E-state index contributed by atoms with van der Waals surface area (Å²) in [6.07, 6.45) is 15.8. The Morgan fingerprint density at radius 2 is 1.60 bits per heavy atom. The van der Waals surface area contributed by atoms with Gasteiger partial charge in [0.25, 0.3) is 0 Å². The first-order valence-corrected chi connectivity index (χ1v) is 22.8. The van der Waals surface area contributed by atoms with E-state index in [2.05, 4.69) is 46.0 Å². The molecule has 3 saturated carbocycles. The van der Waals surface area contributed by atoms with Gasteiger partial charge in [0.15, 0.2) is 0 Å². The standard InChI is InChI=1S/C41H74NO10P/c1-30(2)9-7-10-31(3)36-13-14-37-35-12-11-32-27-33(15-17-40(32,4)38(35)16-18-41(36,37)5)51-39(44)42-19-8-20-47-21-22-48-23-24-49-25-26-50-29-34(28-43)52-53(6,45)46/h11,30-31,33-38,43H,7-10,12-29H2,1-6H3,(H,42,44)(H,45,46)/p-1/t31-,33+,34?,35+,36-,37+,38+,40+,41-/m1/s1. The summed E-state index contributed by atoms with van der Waals surface area (Å²) in [4.78, 5) is 23.8. The number of rotatable bonds is 24. The monoisotopic (exact) mass is 770 g/mol. The summed E-state index contributed by atoms with van der Waals surface area (Å²) in [6.45, 7) is 16.2. The quantitative estimate of drug-likeness (QED) is 0.0591. The number of nitrogens with one attached hydrogen (secondary N) is 1. The van der Waals surface area contributed by atoms with Gasteiger partial charge in [0, 0.05) is 26.2 Å². The van der Waals surface area contributed by atoms with Crippen molar-refractivity contribution in [1.29, 1.82) is 0 Å². The van der Waals surface area contributed by atoms with Gasteiger partial charge < -0.3 is 48.1 Å². The molecule has 0 saturated heterocycles. The third-order valence-corrected chi connectivity index (χ3v) is 13.9. The maximum absolute atomic E-state index is 12.7. The summed E-state index contributed by atoms with van der Waals surface area (Å²) >= 11 is 0. The Kier molecular flexibility index (Phi) is 18.1. The lowest BCUT2D eigenvalue weighted by molar-refractivity contribution is -0.203. The highest BCUT2D eigenvalue weighted by Crippen LogP contribution is 2.67. The van der Waals surface area contributed by atoms with Gasteiger partial charge in [0.1, 0.15) is 19.8 Å². The number of aliphatic hydroxyl groups is 1. The van der Waals surface area contributed by atoms with Crippen LogP contribution in [-0.4, -0.2) is 96.1 Å². The Balaban J connectivity index is 1.03. The zero-order valence-corrected chi connectivity index (χ0v) is 34.7. The number of hydrogen-bond donors (Lipinski definition) is 2. The van der Waals surface area contributed by atoms with Crippen LogP contribution < -0.4 is 10.2 Å². The van der Waals surface area contributed by atoms with Crippen molar-refractivity contribution >= 4 is 13.7 Å². The van der Waals surface area contributed by atoms with E-state index in [0.717, 1.165) is 61.4 Å². The summed E-state index contributed by atoms with van der Waals surface area (Å²) < 4.78 is 43.6. The van der Waals surface area contributed by atoms with Crippen LogP contribution in [0.4, 0.5) is 4.79 Å². The zero-order chi connectivity index (χ0) is 38.5. The van der Waals surface area contributed by atoms with Crippen molar-refractivity contribution < 1.29 is 47.6 Å². The van der Waals surface area contributed by atoms with Gasteiger partial charge in [-0.3, -0.25) is 0 Å². The molecule has 0 radical (unpaired) electrons. The zero-order valence-electron chi connectivity index (χ0n) is 33.8. The normalized spacial score (nSPS) is 31.9. The van der Waals surface area contributed by atoms with Gasteiger partial charge in [-0.15, -0.1) is 0 Å². The number of allylic oxidation sites excluding steroid dienone is 1. The molecule has 11 nitrogen and oxygen atoms in total. The number of amides is 1. The minimum absolute atomic E-state index is 0.0391. The third kappa shape index (κ3) is 13.3. The lowest BCUT2D eigenvalue weighted by Gasteiger charge is -2.58. The molecule has 0 heterocycles. The molecule has 0 spiro atoms. The summed E-state index contributed by atoms with van der Waals surface area (Å²) in [7, 11) is -3.93. The number of alkyl carbamates (subject to hydrolysis) is 1. The molecule has 12 heteroatoms. The highest BCUT2D eigenvalue weighted by Gasteiger charge is 2.59. The smallest absolute Gasteiger partial charge is 0.407 e. The molecule has 2 N–H and O–H groups in total. The van der Waals surface area contributed by atoms with Crippen LogP contribution in [0.1, 0.15) is 112 Å². The molecule has 10 atom stereocenters. The highest BCUT2D eigenvalue weighted by molar-refractivity contribution is 7.50. The van der Waals surface area contributed by atoms with E-state index >= 15 is 0 Å². The van der Waals surface area contributed by atoms with E-state index in [1.165, 1.54) is 51.4 Å². The molecule has 3 fully saturated rings. The van der Waals surface area contributed by atoms with E-state index in [1.807, 2.05) is 0 Å². The Labute approximate surface area is 320 Å². The van der Waals surface area contributed by atoms with Crippen LogP contribution in [0.25, 0.3) is 0 Å². The minimum Gasteiger partial charge on any atom is -0.779 e. The largest absolute Gasteiger partial charge is 0.779 e. The van der Waals surface area contributed by atoms with Crippen LogP contribution in [0.5, 0.6) is 0 Å². The van der Waals surface area contributed by atoms with Crippen molar-refractivity contribution in [2.24, 2.45) is 46.3 Å². The Bertz CT molecular complexity index is 1180. The highest BCUT2D eigenvalue weighted by atomic mass is 31.2. The average Bonchev–Trinajstić information content (AvgIpc) is 3.46. The molecule has 2 unspecified atom stereocenters. The lowest BCUT2D eigenvalue weighted by atomic mass is 9.47. The molecule has 0 aromatic heterocycles. The van der Waals surface area contributed by atoms with Gasteiger partial charge >= 0.3 is 6.09 Å². The molecule has 4 aliphatic rings. The van der Waals surface area contributed by atoms with Crippen molar-refractivity contribution in [3.8, 4) is 0 Å². The van der Waals surface area contributed by atoms with Crippen LogP contribution in [0.15, 0.2) is 11.6 Å². The fourth-order valence-corrected chi connectivity index (χ4v) is 11.2. The van der Waals surface area contributed by atoms with E-state index in [-0.39, 0.29) is 30.8 Å². The van der Waals surface area contributed by atoms with E-state index in [1.54, 1.807) is 5.57 Å². The summed E-state index contributed by atoms with van der Waals surface area (Å²) in [5, 5.41) is 12.1. The second kappa shape index (κ2) is 21.5. The number of carbonyl (C=O) groups is 1. The second-order valence-electron chi connectivity index (χ2n) is 17.4. The third-order valence-electron chi connectivity index (χ3n) is 13.2. The number of aliphatic hydroxyl groups excluding tert-OH is 1. The average molecular weight is 771 g/mol. The topological polar surface area (TPSA) is 145 Å². The van der Waals surface area contributed by atoms with E-state index in [0.29, 0.717) is 58.0 Å². The van der Waals surface area contributed by atoms with Crippen LogP contribution in [0.3, 0.4) is 0 Å². The molecule has 0 aliphatic heterocycles. The number of carbonyl (C=O) groups excluding carboxylic acids is 1. The van der Waals surface area contributed by atoms with Gasteiger partial charge in [-0.25, -0.2) is 4.79 Å². The first-order chi connectivity index (χ1) is 25.3. The predicted octanol–water partition coefficient (Wildman–Crippen LogP) is 7.14. The molecule has 308 valence electrons. The number of hydrogen-bond acceptors (Lipinski definition) is 10. The maximum Gasteiger partial charge on any atom is 0.407 e. The van der Waals surface area contributed by atoms with Gasteiger partial charge in [0.2, 0.25) is 0 Å². The van der Waals surface area contributed by atoms with Crippen molar-refractivity contribution in [2.45, 2.75) is 124 Å². The Hall–Kier alpha value is -1.04. The second-order valence-corrected chi connectivity index (χ2v) is 19.2. The van der Waals surface area contributed by atoms with E-state index in [9.17, 15) is 14.3 Å². The van der Waals surface area contributed by atoms with Gasteiger partial charge in [-0.1, -0.05) is 65.5 Å². The van der Waals surface area contributed by atoms with Crippen molar-refractivity contribution in [3.63, 3.8) is 0 Å². The number of ether oxygens (including phenoxy) is 5. The molecular weight excluding hydrogens is 697 g/mol. The molecule has 4 rings (SSSR count). The van der Waals surface area contributed by atoms with Crippen LogP contribution in [-0.2, 0) is 32.8 Å². The van der Waals surface area contributed by atoms with Crippen molar-refractivity contribution in [1.82, 2.24) is 5.32 Å². The van der Waals surface area contributed by atoms with Crippen LogP contribution in [0.2, 0.25) is 0 Å². The molecule has 53 heavy (non-hydrogen) atoms. The Morgan fingerprint density at radius 3 is 2.26 bits per heavy atom. The van der Waals surface area contributed by atoms with E-state index < -0.39 is 20.3 Å². The first kappa shape index (κ1) is 44.7. The Morgan fingerprint density at radius 1 is 0.925 bits per heavy atom. The minimum atomic E-state index is -3.93. The SMILES string of the molecule is CC(C)CCC[C@@H](C)[C@H]1CC[C@H]2[C@@H]3CC=C4C[C@@H](OC(=O)NCCCOCCOCCOCCOCC(CO)OP(C)(=O)[O-])CC[C@]4(C)[C@H]3CC[C@]12C. The van der Waals surface area contributed by atoms with E-state index in [4.69, 9.17) is 33.3 Å². The van der Waals surface area contributed by atoms with Crippen LogP contribution in [0, 0.1) is 46.3 Å². The molecule has 1 amide bonds. The van der Waals surface area contributed by atoms with Gasteiger partial charge in [-0.2, -0.15) is 0 Å². The molecule has 4 aliphatic carbocycles. The molecule has 0 aromatic carbocycles. The number of fused-ring (bicyclic) bond motifs is 5. The fraction of sp³-hybridized carbons (Fsp3) is 0.927. The van der Waals surface area contributed by atoms with Crippen LogP contribution >= 0.6 is 7.60 Å². The fourth-order valence-electron chi connectivity index (χ4n) is 10.6. The molecule has 0 bridgehead atoms. The maximum atomic E-state index is 12.7. The molecular formula is C41H73NO10P-. The van der Waals surface area contributed by atoms with Gasteiger partial charge in [-0.05, 0) is 97.7 Å². The lowest BCUT2D eigenvalue weighted by Crippen LogP contribution is -2.51. The van der Waals surface area contributed by atoms with Crippen molar-refractivity contribution in [3.05, 3.63) is 11.6 Å². The van der Waals surface area contributed by atoms with Gasteiger partial charge in [0.05, 0.1) is 52.9 Å².